The molecule has 3 heterocycles. The van der Waals surface area contributed by atoms with Crippen molar-refractivity contribution in [2.24, 2.45) is 29.6 Å². The molecule has 2 saturated heterocycles. The van der Waals surface area contributed by atoms with Crippen LogP contribution in [-0.2, 0) is 57.1 Å². The van der Waals surface area contributed by atoms with Crippen molar-refractivity contribution in [3.8, 4) is 0 Å². The van der Waals surface area contributed by atoms with Crippen molar-refractivity contribution < 1.29 is 67.3 Å². The summed E-state index contributed by atoms with van der Waals surface area (Å²) in [6, 6.07) is -1.16. The molecule has 0 radical (unpaired) electrons. The fourth-order valence-corrected chi connectivity index (χ4v) is 10.3. The maximum atomic E-state index is 14.5. The summed E-state index contributed by atoms with van der Waals surface area (Å²) in [7, 11) is 6.23. The molecule has 1 amide bonds. The number of hydrogen-bond donors (Lipinski definition) is 2. The molecule has 2 N–H and O–H groups in total. The lowest BCUT2D eigenvalue weighted by atomic mass is 9.78. The van der Waals surface area contributed by atoms with Crippen molar-refractivity contribution in [2.45, 2.75) is 173 Å². The summed E-state index contributed by atoms with van der Waals surface area (Å²) in [4.78, 5) is 72.1. The van der Waals surface area contributed by atoms with Gasteiger partial charge in [0.05, 0.1) is 37.6 Å². The second kappa shape index (κ2) is 27.8. The summed E-state index contributed by atoms with van der Waals surface area (Å²) >= 11 is 0. The third-order valence-electron chi connectivity index (χ3n) is 14.7. The zero-order chi connectivity index (χ0) is 51.0. The number of piperidine rings is 1. The average molecular weight is 970 g/mol. The molecule has 14 atom stereocenters. The van der Waals surface area contributed by atoms with Gasteiger partial charge in [0.2, 0.25) is 0 Å². The normalized spacial score (nSPS) is 37.7. The smallest absolute Gasteiger partial charge is 0.329 e. The number of aliphatic hydroxyl groups excluding tert-OH is 1. The molecule has 0 aromatic carbocycles. The van der Waals surface area contributed by atoms with Crippen molar-refractivity contribution in [3.05, 3.63) is 59.8 Å². The standard InChI is InChI=1S/C54H83NO14/c1-33-17-13-12-14-18-34(2)45(64-9)31-41-22-20-39(7)54(62,69-41)51(59)52(60)55-24-16-15-19-42(55)53(61)68-46(36(4)29-40-21-23-44(47(30-40)65-10)67-26-25-63-8)32-43(56)35(3)28-38(6)49(58)50(66-11)48(57)37(5)27-33/h12-14,17-18,28,33,35-37,40-42,44-47,49-50,58,62H,7,15-16,19-27,29-32H2,1-6,8-11H3/b14-12+,17-13+,34-18+,38-28+/t33-,35-,36-,37-,40+,41+,42+,44-,45+,46+,47-,49-,50+,54-/m1/s1. The van der Waals surface area contributed by atoms with Gasteiger partial charge >= 0.3 is 5.97 Å². The van der Waals surface area contributed by atoms with E-state index < -0.39 is 71.8 Å². The molecular weight excluding hydrogens is 887 g/mol. The topological polar surface area (TPSA) is 194 Å². The first-order chi connectivity index (χ1) is 32.8. The number of ether oxygens (including phenoxy) is 7. The van der Waals surface area contributed by atoms with Crippen LogP contribution in [0.25, 0.3) is 0 Å². The van der Waals surface area contributed by atoms with E-state index in [0.717, 1.165) is 23.3 Å². The first-order valence-corrected chi connectivity index (χ1v) is 25.1. The number of carbonyl (C=O) groups excluding carboxylic acids is 5. The highest BCUT2D eigenvalue weighted by atomic mass is 16.6. The molecule has 1 saturated carbocycles. The highest BCUT2D eigenvalue weighted by Crippen LogP contribution is 2.37. The minimum atomic E-state index is -2.62. The monoisotopic (exact) mass is 970 g/mol. The van der Waals surface area contributed by atoms with Crippen molar-refractivity contribution in [1.82, 2.24) is 4.90 Å². The van der Waals surface area contributed by atoms with Gasteiger partial charge in [-0.1, -0.05) is 70.7 Å². The van der Waals surface area contributed by atoms with Crippen molar-refractivity contribution in [1.29, 1.82) is 0 Å². The van der Waals surface area contributed by atoms with Crippen LogP contribution in [0, 0.1) is 29.6 Å². The Morgan fingerprint density at radius 1 is 0.870 bits per heavy atom. The molecule has 388 valence electrons. The predicted molar refractivity (Wildman–Crippen MR) is 261 cm³/mol. The predicted octanol–water partition coefficient (Wildman–Crippen LogP) is 6.77. The molecule has 15 heteroatoms. The molecule has 15 nitrogen and oxygen atoms in total. The highest BCUT2D eigenvalue weighted by molar-refractivity contribution is 6.39. The number of Topliss-reactive ketones (excluding diaryl/α,β-unsaturated/α-hetero) is 3. The summed E-state index contributed by atoms with van der Waals surface area (Å²) in [5.41, 5.74) is 1.30. The van der Waals surface area contributed by atoms with Crippen LogP contribution in [0.5, 0.6) is 0 Å². The third-order valence-corrected chi connectivity index (χ3v) is 14.7. The van der Waals surface area contributed by atoms with E-state index in [1.54, 1.807) is 41.3 Å². The zero-order valence-electron chi connectivity index (χ0n) is 43.0. The SMILES string of the molecule is C=C1CC[C@H]2C[C@H](OC)/C(C)=C/C=C/C=C/[C@@H](C)C[C@@H](C)C(=O)[C@H](OC)[C@H](O)/C(C)=C/[C@@H](C)C(=O)C[C@@H]([C@H](C)C[C@@H]3CC[C@@H](OCCOC)[C@H](OC)C3)OC(=O)[C@@H]3CCCCN3C(=O)C(=O)[C@]1(O)O2. The van der Waals surface area contributed by atoms with Crippen molar-refractivity contribution >= 4 is 29.2 Å². The van der Waals surface area contributed by atoms with Gasteiger partial charge in [0, 0.05) is 59.7 Å². The molecule has 0 spiro atoms. The largest absolute Gasteiger partial charge is 0.460 e. The fraction of sp³-hybridized carbons (Fsp3) is 0.722. The summed E-state index contributed by atoms with van der Waals surface area (Å²) in [5.74, 6) is -7.56. The van der Waals surface area contributed by atoms with Gasteiger partial charge in [-0.25, -0.2) is 4.79 Å². The van der Waals surface area contributed by atoms with Gasteiger partial charge < -0.3 is 48.3 Å². The Kier molecular flexibility index (Phi) is 23.3. The van der Waals surface area contributed by atoms with E-state index in [4.69, 9.17) is 33.2 Å². The highest BCUT2D eigenvalue weighted by Gasteiger charge is 2.51. The van der Waals surface area contributed by atoms with Crippen molar-refractivity contribution in [3.63, 3.8) is 0 Å². The van der Waals surface area contributed by atoms with Crippen LogP contribution in [-0.4, -0.2) is 147 Å². The van der Waals surface area contributed by atoms with Crippen LogP contribution in [0.3, 0.4) is 0 Å². The Morgan fingerprint density at radius 3 is 2.29 bits per heavy atom. The number of rotatable bonds is 10. The molecule has 4 rings (SSSR count). The van der Waals surface area contributed by atoms with E-state index in [1.807, 2.05) is 58.1 Å². The van der Waals surface area contributed by atoms with E-state index in [1.165, 1.54) is 7.11 Å². The third kappa shape index (κ3) is 15.9. The maximum absolute atomic E-state index is 14.5. The van der Waals surface area contributed by atoms with E-state index in [2.05, 4.69) is 6.58 Å². The van der Waals surface area contributed by atoms with Gasteiger partial charge in [-0.15, -0.1) is 0 Å². The van der Waals surface area contributed by atoms with Crippen LogP contribution in [0.2, 0.25) is 0 Å². The molecule has 0 aromatic heterocycles. The van der Waals surface area contributed by atoms with Crippen LogP contribution in [0.4, 0.5) is 0 Å². The average Bonchev–Trinajstić information content (AvgIpc) is 3.33. The van der Waals surface area contributed by atoms with Gasteiger partial charge in [0.15, 0.2) is 5.78 Å². The number of allylic oxidation sites excluding steroid dienone is 6. The molecule has 0 aromatic rings. The maximum Gasteiger partial charge on any atom is 0.329 e. The number of hydrogen-bond acceptors (Lipinski definition) is 14. The Balaban J connectivity index is 1.69. The number of carbonyl (C=O) groups is 5. The number of fused-ring (bicyclic) bond motifs is 3. The zero-order valence-corrected chi connectivity index (χ0v) is 43.0. The molecule has 0 unspecified atom stereocenters. The summed E-state index contributed by atoms with van der Waals surface area (Å²) < 4.78 is 40.9. The quantitative estimate of drug-likeness (QED) is 0.101. The van der Waals surface area contributed by atoms with Crippen LogP contribution < -0.4 is 0 Å². The van der Waals surface area contributed by atoms with Gasteiger partial charge in [-0.05, 0) is 113 Å². The van der Waals surface area contributed by atoms with Gasteiger partial charge in [0.1, 0.15) is 30.1 Å². The Bertz CT molecular complexity index is 1870. The molecule has 1 aliphatic carbocycles. The number of aliphatic hydroxyl groups is 2. The first kappa shape index (κ1) is 57.9. The van der Waals surface area contributed by atoms with E-state index in [0.29, 0.717) is 57.3 Å². The van der Waals surface area contributed by atoms with E-state index in [-0.39, 0.29) is 79.3 Å². The summed E-state index contributed by atoms with van der Waals surface area (Å²) in [6.45, 7) is 15.9. The van der Waals surface area contributed by atoms with Crippen LogP contribution >= 0.6 is 0 Å². The van der Waals surface area contributed by atoms with Gasteiger partial charge in [-0.3, -0.25) is 19.2 Å². The van der Waals surface area contributed by atoms with Gasteiger partial charge in [0.25, 0.3) is 17.5 Å². The molecule has 3 fully saturated rings. The molecule has 69 heavy (non-hydrogen) atoms. The fourth-order valence-electron chi connectivity index (χ4n) is 10.3. The Morgan fingerprint density at radius 2 is 1.61 bits per heavy atom. The number of methoxy groups -OCH3 is 4. The number of ketones is 3. The van der Waals surface area contributed by atoms with Gasteiger partial charge in [-0.2, -0.15) is 0 Å². The molecule has 2 bridgehead atoms. The summed E-state index contributed by atoms with van der Waals surface area (Å²) in [5, 5.41) is 23.4. The van der Waals surface area contributed by atoms with Crippen LogP contribution in [0.1, 0.15) is 119 Å². The second-order valence-electron chi connectivity index (χ2n) is 20.0. The minimum Gasteiger partial charge on any atom is -0.460 e. The number of cyclic esters (lactones) is 1. The Labute approximate surface area is 411 Å². The number of esters is 1. The molecule has 3 aliphatic heterocycles. The lowest BCUT2D eigenvalue weighted by Gasteiger charge is -2.41. The lowest BCUT2D eigenvalue weighted by Crippen LogP contribution is -2.59. The first-order valence-electron chi connectivity index (χ1n) is 25.1. The lowest BCUT2D eigenvalue weighted by molar-refractivity contribution is -0.221. The number of amides is 1. The van der Waals surface area contributed by atoms with Crippen molar-refractivity contribution in [2.75, 3.05) is 48.2 Å². The van der Waals surface area contributed by atoms with Crippen LogP contribution in [0.15, 0.2) is 59.8 Å². The molecular formula is C54H83NO14. The Hall–Kier alpha value is -3.67. The molecule has 4 aliphatic rings. The summed E-state index contributed by atoms with van der Waals surface area (Å²) in [6.07, 6.45) is 11.8. The number of nitrogens with zero attached hydrogens (tertiary/aromatic N) is 1. The van der Waals surface area contributed by atoms with E-state index >= 15 is 0 Å². The minimum absolute atomic E-state index is 0.0126. The second-order valence-corrected chi connectivity index (χ2v) is 20.0. The van der Waals surface area contributed by atoms with E-state index in [9.17, 15) is 34.2 Å².